The SMILES string of the molecule is COC(=O)C(Cc1ccc(-c2ccc(C#N)cc2)cc1)NC(=O)[C@@H]1Cc2cc3c(cc2CN1S(=O)(=O)c1cnc(NC(C)=O)s1)O[C@@H](c1ccc(OCc2ccc(Cl)c(Cl)c2)cc1)CO3. The van der Waals surface area contributed by atoms with Crippen LogP contribution in [0.15, 0.2) is 114 Å². The van der Waals surface area contributed by atoms with Crippen LogP contribution in [-0.4, -0.2) is 61.3 Å². The van der Waals surface area contributed by atoms with E-state index in [1.54, 1.807) is 36.4 Å². The second-order valence-corrected chi connectivity index (χ2v) is 19.2. The molecular formula is C47H39Cl2N5O9S2. The number of carbonyl (C=O) groups excluding carboxylic acids is 3. The molecule has 0 saturated heterocycles. The molecule has 18 heteroatoms. The molecule has 0 spiro atoms. The topological polar surface area (TPSA) is 186 Å². The second kappa shape index (κ2) is 19.3. The largest absolute Gasteiger partial charge is 0.489 e. The third-order valence-electron chi connectivity index (χ3n) is 10.8. The number of amides is 2. The van der Waals surface area contributed by atoms with Crippen LogP contribution in [0, 0.1) is 11.3 Å². The number of hydrogen-bond acceptors (Lipinski definition) is 12. The van der Waals surface area contributed by atoms with Crippen LogP contribution in [-0.2, 0) is 55.1 Å². The van der Waals surface area contributed by atoms with Gasteiger partial charge in [0.25, 0.3) is 10.0 Å². The molecule has 0 saturated carbocycles. The number of methoxy groups -OCH3 is 1. The highest BCUT2D eigenvalue weighted by molar-refractivity contribution is 7.91. The molecule has 2 amide bonds. The number of carbonyl (C=O) groups is 3. The molecule has 65 heavy (non-hydrogen) atoms. The van der Waals surface area contributed by atoms with Crippen molar-refractivity contribution in [2.45, 2.75) is 55.3 Å². The Balaban J connectivity index is 1.02. The third-order valence-corrected chi connectivity index (χ3v) is 14.8. The number of nitrogens with one attached hydrogen (secondary N) is 2. The van der Waals surface area contributed by atoms with Crippen molar-refractivity contribution in [3.63, 3.8) is 0 Å². The number of nitriles is 1. The highest BCUT2D eigenvalue weighted by Gasteiger charge is 2.42. The van der Waals surface area contributed by atoms with Gasteiger partial charge in [-0.05, 0) is 93.9 Å². The summed E-state index contributed by atoms with van der Waals surface area (Å²) in [5.41, 5.74) is 5.92. The van der Waals surface area contributed by atoms with E-state index in [-0.39, 0.29) is 41.9 Å². The van der Waals surface area contributed by atoms with Gasteiger partial charge >= 0.3 is 5.97 Å². The molecule has 2 aliphatic rings. The number of hydrogen-bond donors (Lipinski definition) is 2. The number of ether oxygens (including phenoxy) is 4. The smallest absolute Gasteiger partial charge is 0.328 e. The highest BCUT2D eigenvalue weighted by Crippen LogP contribution is 2.42. The minimum Gasteiger partial charge on any atom is -0.489 e. The summed E-state index contributed by atoms with van der Waals surface area (Å²) in [6.07, 6.45) is 0.602. The molecule has 6 aromatic rings. The predicted octanol–water partition coefficient (Wildman–Crippen LogP) is 8.05. The zero-order valence-electron chi connectivity index (χ0n) is 34.7. The van der Waals surface area contributed by atoms with Gasteiger partial charge in [0.1, 0.15) is 31.0 Å². The quantitative estimate of drug-likeness (QED) is 0.107. The maximum Gasteiger partial charge on any atom is 0.328 e. The Kier molecular flexibility index (Phi) is 13.4. The highest BCUT2D eigenvalue weighted by atomic mass is 35.5. The summed E-state index contributed by atoms with van der Waals surface area (Å²) in [6.45, 7) is 1.50. The fourth-order valence-corrected chi connectivity index (χ4v) is 10.5. The Morgan fingerprint density at radius 2 is 1.62 bits per heavy atom. The summed E-state index contributed by atoms with van der Waals surface area (Å²) in [6, 6.07) is 30.3. The van der Waals surface area contributed by atoms with Gasteiger partial charge in [-0.15, -0.1) is 0 Å². The Morgan fingerprint density at radius 1 is 0.923 bits per heavy atom. The number of aromatic nitrogens is 1. The summed E-state index contributed by atoms with van der Waals surface area (Å²) in [4.78, 5) is 43.5. The van der Waals surface area contributed by atoms with Crippen molar-refractivity contribution in [2.75, 3.05) is 19.0 Å². The standard InChI is InChI=1S/C47H39Cl2N5O9S2/c1-27(55)52-47-51-23-44(64-47)65(58,59)54-24-35-21-42-41(62-26-43(63-42)33-12-14-36(15-13-33)61-25-30-7-16-37(48)38(49)17-30)20-34(35)19-40(54)45(56)53-39(46(57)60-2)18-28-3-8-31(9-4-28)32-10-5-29(22-50)6-11-32/h3-17,20-21,23,39-40,43H,18-19,24-26H2,1-2H3,(H,53,56)(H,51,52,55)/t39?,40-,43+/m0/s1. The van der Waals surface area contributed by atoms with E-state index >= 15 is 0 Å². The van der Waals surface area contributed by atoms with E-state index in [1.807, 2.05) is 66.7 Å². The van der Waals surface area contributed by atoms with Gasteiger partial charge in [-0.25, -0.2) is 18.2 Å². The van der Waals surface area contributed by atoms with Gasteiger partial charge in [0, 0.05) is 19.9 Å². The Hall–Kier alpha value is -6.48. The van der Waals surface area contributed by atoms with Gasteiger partial charge in [-0.2, -0.15) is 9.57 Å². The van der Waals surface area contributed by atoms with Gasteiger partial charge in [0.15, 0.2) is 26.9 Å². The summed E-state index contributed by atoms with van der Waals surface area (Å²) < 4.78 is 53.5. The molecule has 0 aliphatic carbocycles. The summed E-state index contributed by atoms with van der Waals surface area (Å²) in [5, 5.41) is 15.4. The molecule has 332 valence electrons. The van der Waals surface area contributed by atoms with Crippen LogP contribution in [0.5, 0.6) is 17.2 Å². The van der Waals surface area contributed by atoms with Crippen LogP contribution < -0.4 is 24.8 Å². The zero-order valence-corrected chi connectivity index (χ0v) is 37.9. The maximum atomic E-state index is 14.5. The molecular weight excluding hydrogens is 914 g/mol. The molecule has 3 heterocycles. The van der Waals surface area contributed by atoms with Crippen molar-refractivity contribution in [1.82, 2.24) is 14.6 Å². The summed E-state index contributed by atoms with van der Waals surface area (Å²) in [5.74, 6) is -0.432. The van der Waals surface area contributed by atoms with Crippen molar-refractivity contribution >= 4 is 67.5 Å². The number of benzene rings is 5. The van der Waals surface area contributed by atoms with Crippen LogP contribution >= 0.6 is 34.5 Å². The minimum atomic E-state index is -4.43. The van der Waals surface area contributed by atoms with Crippen LogP contribution in [0.4, 0.5) is 5.13 Å². The lowest BCUT2D eigenvalue weighted by molar-refractivity contribution is -0.145. The maximum absolute atomic E-state index is 14.5. The number of nitrogens with zero attached hydrogens (tertiary/aromatic N) is 3. The van der Waals surface area contributed by atoms with E-state index in [1.165, 1.54) is 14.0 Å². The van der Waals surface area contributed by atoms with E-state index in [9.17, 15) is 22.8 Å². The average molecular weight is 953 g/mol. The summed E-state index contributed by atoms with van der Waals surface area (Å²) in [7, 11) is -3.22. The van der Waals surface area contributed by atoms with E-state index < -0.39 is 46.0 Å². The Labute approximate surface area is 388 Å². The number of thiazole rings is 1. The first-order valence-electron chi connectivity index (χ1n) is 20.1. The lowest BCUT2D eigenvalue weighted by Crippen LogP contribution is -2.55. The predicted molar refractivity (Wildman–Crippen MR) is 243 cm³/mol. The number of rotatable bonds is 13. The fourth-order valence-electron chi connectivity index (χ4n) is 7.45. The first-order chi connectivity index (χ1) is 31.3. The van der Waals surface area contributed by atoms with Crippen LogP contribution in [0.1, 0.15) is 46.4 Å². The molecule has 2 aliphatic heterocycles. The Morgan fingerprint density at radius 3 is 2.29 bits per heavy atom. The van der Waals surface area contributed by atoms with E-state index in [4.69, 9.17) is 47.4 Å². The Bertz CT molecular complexity index is 2920. The first kappa shape index (κ1) is 45.1. The molecule has 0 bridgehead atoms. The van der Waals surface area contributed by atoms with Gasteiger partial charge < -0.3 is 29.6 Å². The molecule has 3 atom stereocenters. The number of anilines is 1. The lowest BCUT2D eigenvalue weighted by atomic mass is 9.93. The van der Waals surface area contributed by atoms with Gasteiger partial charge in [0.05, 0.1) is 35.0 Å². The number of fused-ring (bicyclic) bond motifs is 2. The molecule has 14 nitrogen and oxygen atoms in total. The first-order valence-corrected chi connectivity index (χ1v) is 23.1. The van der Waals surface area contributed by atoms with Gasteiger partial charge in [-0.1, -0.05) is 89.1 Å². The molecule has 2 N–H and O–H groups in total. The van der Waals surface area contributed by atoms with Crippen molar-refractivity contribution < 1.29 is 41.7 Å². The van der Waals surface area contributed by atoms with Crippen molar-refractivity contribution in [2.24, 2.45) is 0 Å². The monoisotopic (exact) mass is 951 g/mol. The normalized spacial score (nSPS) is 16.0. The second-order valence-electron chi connectivity index (χ2n) is 15.2. The van der Waals surface area contributed by atoms with Crippen molar-refractivity contribution in [3.05, 3.63) is 153 Å². The minimum absolute atomic E-state index is 0.0470. The summed E-state index contributed by atoms with van der Waals surface area (Å²) >= 11 is 12.9. The third kappa shape index (κ3) is 10.3. The van der Waals surface area contributed by atoms with E-state index in [0.717, 1.165) is 44.1 Å². The molecule has 0 radical (unpaired) electrons. The van der Waals surface area contributed by atoms with Gasteiger partial charge in [0.2, 0.25) is 11.8 Å². The van der Waals surface area contributed by atoms with E-state index in [0.29, 0.717) is 49.5 Å². The lowest BCUT2D eigenvalue weighted by Gasteiger charge is -2.36. The zero-order chi connectivity index (χ0) is 45.8. The number of sulfonamides is 1. The number of halogens is 2. The van der Waals surface area contributed by atoms with E-state index in [2.05, 4.69) is 21.7 Å². The van der Waals surface area contributed by atoms with Crippen molar-refractivity contribution in [3.8, 4) is 34.4 Å². The molecule has 0 fully saturated rings. The molecule has 1 aromatic heterocycles. The van der Waals surface area contributed by atoms with Crippen molar-refractivity contribution in [1.29, 1.82) is 5.26 Å². The van der Waals surface area contributed by atoms with Crippen LogP contribution in [0.3, 0.4) is 0 Å². The molecule has 1 unspecified atom stereocenters. The fraction of sp³-hybridized carbons (Fsp3) is 0.213. The van der Waals surface area contributed by atoms with Gasteiger partial charge in [-0.3, -0.25) is 9.59 Å². The van der Waals surface area contributed by atoms with Crippen LogP contribution in [0.25, 0.3) is 11.1 Å². The average Bonchev–Trinajstić information content (AvgIpc) is 3.79. The molecule has 5 aromatic carbocycles. The molecule has 8 rings (SSSR count). The number of esters is 1. The van der Waals surface area contributed by atoms with Crippen LogP contribution in [0.2, 0.25) is 10.0 Å².